The lowest BCUT2D eigenvalue weighted by atomic mass is 9.90. The second-order valence-corrected chi connectivity index (χ2v) is 5.63. The first-order chi connectivity index (χ1) is 9.69. The summed E-state index contributed by atoms with van der Waals surface area (Å²) in [6.45, 7) is 2.00. The van der Waals surface area contributed by atoms with E-state index in [-0.39, 0.29) is 0 Å². The average molecular weight is 274 g/mol. The molecule has 0 aliphatic heterocycles. The quantitative estimate of drug-likeness (QED) is 0.917. The first-order valence-electron chi connectivity index (χ1n) is 7.26. The number of hydrogen-bond acceptors (Lipinski definition) is 5. The molecule has 3 rings (SSSR count). The molecule has 0 radical (unpaired) electrons. The number of nitrogens with zero attached hydrogens (tertiary/aromatic N) is 5. The molecule has 2 aromatic rings. The van der Waals surface area contributed by atoms with Gasteiger partial charge in [0.15, 0.2) is 0 Å². The third kappa shape index (κ3) is 2.35. The van der Waals surface area contributed by atoms with Crippen molar-refractivity contribution in [2.75, 3.05) is 19.0 Å². The zero-order chi connectivity index (χ0) is 14.1. The molecular weight excluding hydrogens is 252 g/mol. The zero-order valence-electron chi connectivity index (χ0n) is 12.4. The van der Waals surface area contributed by atoms with Gasteiger partial charge in [-0.25, -0.2) is 4.98 Å². The van der Waals surface area contributed by atoms with Gasteiger partial charge in [0, 0.05) is 30.9 Å². The molecule has 0 saturated heterocycles. The van der Waals surface area contributed by atoms with E-state index in [1.807, 2.05) is 11.4 Å². The summed E-state index contributed by atoms with van der Waals surface area (Å²) in [6, 6.07) is 3.32. The van der Waals surface area contributed by atoms with Gasteiger partial charge in [-0.1, -0.05) is 0 Å². The van der Waals surface area contributed by atoms with Gasteiger partial charge in [0.25, 0.3) is 5.78 Å². The van der Waals surface area contributed by atoms with E-state index in [0.29, 0.717) is 17.9 Å². The summed E-state index contributed by atoms with van der Waals surface area (Å²) < 4.78 is 1.83. The summed E-state index contributed by atoms with van der Waals surface area (Å²) in [5, 5.41) is 7.68. The maximum absolute atomic E-state index is 4.40. The van der Waals surface area contributed by atoms with Gasteiger partial charge in [-0.2, -0.15) is 14.6 Å². The Balaban J connectivity index is 1.85. The van der Waals surface area contributed by atoms with E-state index >= 15 is 0 Å². The zero-order valence-corrected chi connectivity index (χ0v) is 12.4. The molecule has 20 heavy (non-hydrogen) atoms. The molecule has 6 nitrogen and oxygen atoms in total. The number of hydrogen-bond donors (Lipinski definition) is 1. The van der Waals surface area contributed by atoms with Crippen molar-refractivity contribution >= 4 is 11.6 Å². The van der Waals surface area contributed by atoms with Crippen LogP contribution in [-0.2, 0) is 0 Å². The van der Waals surface area contributed by atoms with Gasteiger partial charge in [-0.3, -0.25) is 0 Å². The minimum absolute atomic E-state index is 0.564. The van der Waals surface area contributed by atoms with Crippen molar-refractivity contribution in [1.82, 2.24) is 24.9 Å². The topological polar surface area (TPSA) is 58.3 Å². The molecule has 1 fully saturated rings. The third-order valence-corrected chi connectivity index (χ3v) is 4.38. The number of anilines is 1. The molecule has 1 N–H and O–H groups in total. The van der Waals surface area contributed by atoms with Crippen LogP contribution in [0.2, 0.25) is 0 Å². The van der Waals surface area contributed by atoms with Crippen LogP contribution in [0.5, 0.6) is 0 Å². The predicted octanol–water partition coefficient (Wildman–Crippen LogP) is 1.40. The van der Waals surface area contributed by atoms with Gasteiger partial charge in [0.05, 0.1) is 0 Å². The van der Waals surface area contributed by atoms with E-state index in [1.165, 1.54) is 25.7 Å². The summed E-state index contributed by atoms with van der Waals surface area (Å²) in [7, 11) is 4.21. The summed E-state index contributed by atoms with van der Waals surface area (Å²) in [6.07, 6.45) is 6.45. The van der Waals surface area contributed by atoms with Crippen molar-refractivity contribution < 1.29 is 0 Å². The van der Waals surface area contributed by atoms with Crippen molar-refractivity contribution in [1.29, 1.82) is 0 Å². The lowest BCUT2D eigenvalue weighted by molar-refractivity contribution is 0.350. The Morgan fingerprint density at radius 1 is 1.30 bits per heavy atom. The maximum Gasteiger partial charge on any atom is 0.254 e. The van der Waals surface area contributed by atoms with Crippen LogP contribution < -0.4 is 10.2 Å². The van der Waals surface area contributed by atoms with Crippen LogP contribution in [-0.4, -0.2) is 45.8 Å². The molecule has 0 unspecified atom stereocenters. The van der Waals surface area contributed by atoms with Crippen LogP contribution in [0.25, 0.3) is 5.78 Å². The van der Waals surface area contributed by atoms with Gasteiger partial charge in [0.2, 0.25) is 0 Å². The second-order valence-electron chi connectivity index (χ2n) is 5.63. The van der Waals surface area contributed by atoms with E-state index in [9.17, 15) is 0 Å². The highest BCUT2D eigenvalue weighted by molar-refractivity contribution is 5.47. The average Bonchev–Trinajstić information content (AvgIpc) is 2.94. The Kier molecular flexibility index (Phi) is 3.56. The van der Waals surface area contributed by atoms with Crippen molar-refractivity contribution in [3.63, 3.8) is 0 Å². The monoisotopic (exact) mass is 274 g/mol. The summed E-state index contributed by atoms with van der Waals surface area (Å²) in [4.78, 5) is 10.9. The Labute approximate surface area is 119 Å². The summed E-state index contributed by atoms with van der Waals surface area (Å²) in [5.74, 6) is 1.76. The molecule has 0 bridgehead atoms. The van der Waals surface area contributed by atoms with E-state index in [4.69, 9.17) is 0 Å². The number of nitrogens with one attached hydrogen (secondary N) is 1. The highest BCUT2D eigenvalue weighted by atomic mass is 15.4. The number of aromatic nitrogens is 4. The first-order valence-corrected chi connectivity index (χ1v) is 7.26. The van der Waals surface area contributed by atoms with Crippen LogP contribution in [0, 0.1) is 6.92 Å². The van der Waals surface area contributed by atoms with Gasteiger partial charge >= 0.3 is 0 Å². The van der Waals surface area contributed by atoms with Crippen LogP contribution in [0.15, 0.2) is 12.4 Å². The van der Waals surface area contributed by atoms with E-state index in [1.54, 1.807) is 6.33 Å². The standard InChI is InChI=1S/C14H22N6/c1-10-8-13(20-14(18-10)16-9-17-20)19(3)12-6-4-11(15-2)5-7-12/h8-9,11-12,15H,4-7H2,1-3H3. The van der Waals surface area contributed by atoms with Crippen LogP contribution >= 0.6 is 0 Å². The third-order valence-electron chi connectivity index (χ3n) is 4.38. The van der Waals surface area contributed by atoms with Crippen molar-refractivity contribution in [3.05, 3.63) is 18.1 Å². The molecule has 108 valence electrons. The van der Waals surface area contributed by atoms with Crippen LogP contribution in [0.3, 0.4) is 0 Å². The minimum Gasteiger partial charge on any atom is -0.356 e. The highest BCUT2D eigenvalue weighted by Crippen LogP contribution is 2.26. The Morgan fingerprint density at radius 3 is 2.75 bits per heavy atom. The highest BCUT2D eigenvalue weighted by Gasteiger charge is 2.24. The largest absolute Gasteiger partial charge is 0.356 e. The van der Waals surface area contributed by atoms with Crippen LogP contribution in [0.4, 0.5) is 5.82 Å². The molecule has 1 saturated carbocycles. The molecule has 1 aliphatic rings. The minimum atomic E-state index is 0.564. The second kappa shape index (κ2) is 5.36. The maximum atomic E-state index is 4.40. The number of rotatable bonds is 3. The van der Waals surface area contributed by atoms with E-state index in [2.05, 4.69) is 45.4 Å². The lowest BCUT2D eigenvalue weighted by Crippen LogP contribution is -2.40. The van der Waals surface area contributed by atoms with Gasteiger partial charge in [0.1, 0.15) is 12.1 Å². The molecule has 1 aliphatic carbocycles. The van der Waals surface area contributed by atoms with Crippen molar-refractivity contribution in [2.45, 2.75) is 44.7 Å². The Bertz CT molecular complexity index is 584. The molecule has 2 aromatic heterocycles. The molecule has 0 atom stereocenters. The molecule has 0 amide bonds. The normalized spacial score (nSPS) is 23.1. The number of fused-ring (bicyclic) bond motifs is 1. The first kappa shape index (κ1) is 13.3. The SMILES string of the molecule is CNC1CCC(N(C)c2cc(C)nc3ncnn23)CC1. The smallest absolute Gasteiger partial charge is 0.254 e. The fourth-order valence-corrected chi connectivity index (χ4v) is 3.10. The fourth-order valence-electron chi connectivity index (χ4n) is 3.10. The molecule has 6 heteroatoms. The van der Waals surface area contributed by atoms with E-state index in [0.717, 1.165) is 11.5 Å². The van der Waals surface area contributed by atoms with Gasteiger partial charge in [-0.05, 0) is 39.7 Å². The molecule has 0 spiro atoms. The van der Waals surface area contributed by atoms with E-state index < -0.39 is 0 Å². The van der Waals surface area contributed by atoms with Gasteiger partial charge in [-0.15, -0.1) is 0 Å². The lowest BCUT2D eigenvalue weighted by Gasteiger charge is -2.35. The summed E-state index contributed by atoms with van der Waals surface area (Å²) >= 11 is 0. The predicted molar refractivity (Wildman–Crippen MR) is 79.0 cm³/mol. The molecule has 2 heterocycles. The summed E-state index contributed by atoms with van der Waals surface area (Å²) in [5.41, 5.74) is 0.983. The van der Waals surface area contributed by atoms with Crippen molar-refractivity contribution in [3.8, 4) is 0 Å². The Morgan fingerprint density at radius 2 is 2.05 bits per heavy atom. The molecule has 0 aromatic carbocycles. The van der Waals surface area contributed by atoms with Crippen molar-refractivity contribution in [2.24, 2.45) is 0 Å². The Hall–Kier alpha value is -1.69. The number of aryl methyl sites for hydroxylation is 1. The molecular formula is C14H22N6. The fraction of sp³-hybridized carbons (Fsp3) is 0.643. The van der Waals surface area contributed by atoms with Crippen LogP contribution in [0.1, 0.15) is 31.4 Å². The van der Waals surface area contributed by atoms with Gasteiger partial charge < -0.3 is 10.2 Å².